The summed E-state index contributed by atoms with van der Waals surface area (Å²) in [7, 11) is 0. The van der Waals surface area contributed by atoms with E-state index in [1.165, 1.54) is 18.2 Å². The lowest BCUT2D eigenvalue weighted by Crippen LogP contribution is -2.12. The van der Waals surface area contributed by atoms with E-state index in [1.807, 2.05) is 30.3 Å². The summed E-state index contributed by atoms with van der Waals surface area (Å²) >= 11 is 0. The second kappa shape index (κ2) is 9.61. The van der Waals surface area contributed by atoms with Gasteiger partial charge >= 0.3 is 5.97 Å². The summed E-state index contributed by atoms with van der Waals surface area (Å²) in [5.74, 6) is -1.24. The van der Waals surface area contributed by atoms with Gasteiger partial charge in [-0.3, -0.25) is 4.79 Å². The fourth-order valence-electron chi connectivity index (χ4n) is 3.03. The number of ether oxygens (including phenoxy) is 1. The molecule has 0 saturated carbocycles. The van der Waals surface area contributed by atoms with Gasteiger partial charge in [-0.2, -0.15) is 0 Å². The first-order valence-electron chi connectivity index (χ1n) is 9.80. The third kappa shape index (κ3) is 5.02. The number of rotatable bonds is 7. The number of hydrogen-bond acceptors (Lipinski definition) is 5. The second-order valence-electron chi connectivity index (χ2n) is 6.86. The Hall–Kier alpha value is -4.39. The van der Waals surface area contributed by atoms with Crippen molar-refractivity contribution in [2.45, 2.75) is 0 Å². The van der Waals surface area contributed by atoms with Crippen LogP contribution in [0.4, 0.5) is 4.39 Å². The molecule has 0 aliphatic carbocycles. The van der Waals surface area contributed by atoms with Crippen LogP contribution in [0.15, 0.2) is 91.1 Å². The zero-order valence-electron chi connectivity index (χ0n) is 16.9. The van der Waals surface area contributed by atoms with Crippen molar-refractivity contribution in [1.82, 2.24) is 15.0 Å². The van der Waals surface area contributed by atoms with E-state index < -0.39 is 5.97 Å². The minimum Gasteiger partial charge on any atom is -0.454 e. The van der Waals surface area contributed by atoms with E-state index in [4.69, 9.17) is 4.74 Å². The van der Waals surface area contributed by atoms with Crippen LogP contribution in [-0.4, -0.2) is 33.4 Å². The topological polar surface area (TPSA) is 74.1 Å². The van der Waals surface area contributed by atoms with Crippen molar-refractivity contribution in [1.29, 1.82) is 0 Å². The summed E-state index contributed by atoms with van der Waals surface area (Å²) in [5.41, 5.74) is 3.38. The smallest absolute Gasteiger partial charge is 0.331 e. The number of hydrogen-bond donors (Lipinski definition) is 0. The number of carbonyl (C=O) groups is 2. The van der Waals surface area contributed by atoms with Crippen LogP contribution >= 0.6 is 0 Å². The zero-order valence-corrected chi connectivity index (χ0v) is 16.9. The molecule has 0 bridgehead atoms. The first-order valence-corrected chi connectivity index (χ1v) is 9.80. The molecule has 6 nitrogen and oxygen atoms in total. The molecule has 4 aromatic rings. The highest BCUT2D eigenvalue weighted by Gasteiger charge is 2.12. The van der Waals surface area contributed by atoms with Gasteiger partial charge in [0.25, 0.3) is 0 Å². The van der Waals surface area contributed by atoms with Crippen LogP contribution in [0.1, 0.15) is 15.9 Å². The lowest BCUT2D eigenvalue weighted by molar-refractivity contribution is -0.136. The van der Waals surface area contributed by atoms with Crippen molar-refractivity contribution >= 4 is 17.8 Å². The summed E-state index contributed by atoms with van der Waals surface area (Å²) in [6, 6.07) is 22.0. The molecular weight excluding hydrogens is 409 g/mol. The molecule has 0 saturated heterocycles. The first-order chi connectivity index (χ1) is 15.6. The molecule has 0 atom stereocenters. The summed E-state index contributed by atoms with van der Waals surface area (Å²) in [5, 5.41) is 8.01. The van der Waals surface area contributed by atoms with Gasteiger partial charge in [-0.15, -0.1) is 5.10 Å². The monoisotopic (exact) mass is 427 g/mol. The molecule has 0 unspecified atom stereocenters. The first kappa shape index (κ1) is 20.9. The molecule has 4 rings (SSSR count). The summed E-state index contributed by atoms with van der Waals surface area (Å²) in [6.07, 6.45) is 4.49. The van der Waals surface area contributed by atoms with Gasteiger partial charge in [-0.1, -0.05) is 35.5 Å². The number of Topliss-reactive ketones (excluding diaryl/α,β-unsaturated/α-hetero) is 1. The highest BCUT2D eigenvalue weighted by Crippen LogP contribution is 2.22. The third-order valence-corrected chi connectivity index (χ3v) is 4.68. The van der Waals surface area contributed by atoms with Crippen LogP contribution in [-0.2, 0) is 9.53 Å². The predicted molar refractivity (Wildman–Crippen MR) is 118 cm³/mol. The largest absolute Gasteiger partial charge is 0.454 e. The Morgan fingerprint density at radius 2 is 1.66 bits per heavy atom. The van der Waals surface area contributed by atoms with Crippen LogP contribution in [0, 0.1) is 5.82 Å². The van der Waals surface area contributed by atoms with Crippen molar-refractivity contribution in [3.63, 3.8) is 0 Å². The standard InChI is InChI=1S/C25H18FN3O3/c26-21-11-7-19(8-12-21)23-16-27-28-29(23)22-13-9-20(10-14-22)24(30)17-32-25(31)15-6-18-4-2-1-3-5-18/h1-16H,17H2/b15-6+. The van der Waals surface area contributed by atoms with Crippen LogP contribution in [0.3, 0.4) is 0 Å². The lowest BCUT2D eigenvalue weighted by Gasteiger charge is -2.07. The van der Waals surface area contributed by atoms with Crippen LogP contribution in [0.25, 0.3) is 23.0 Å². The van der Waals surface area contributed by atoms with Gasteiger partial charge in [0.15, 0.2) is 12.4 Å². The normalized spacial score (nSPS) is 10.9. The summed E-state index contributed by atoms with van der Waals surface area (Å²) in [6.45, 7) is -0.360. The molecule has 3 aromatic carbocycles. The average molecular weight is 427 g/mol. The van der Waals surface area contributed by atoms with Gasteiger partial charge < -0.3 is 4.74 Å². The van der Waals surface area contributed by atoms with E-state index in [-0.39, 0.29) is 18.2 Å². The van der Waals surface area contributed by atoms with Gasteiger partial charge in [-0.05, 0) is 60.2 Å². The summed E-state index contributed by atoms with van der Waals surface area (Å²) in [4.78, 5) is 24.2. The molecule has 0 radical (unpaired) electrons. The zero-order chi connectivity index (χ0) is 22.3. The number of carbonyl (C=O) groups excluding carboxylic acids is 2. The van der Waals surface area contributed by atoms with Crippen molar-refractivity contribution in [3.05, 3.63) is 108 Å². The maximum atomic E-state index is 13.2. The van der Waals surface area contributed by atoms with Crippen molar-refractivity contribution in [3.8, 4) is 16.9 Å². The molecular formula is C25H18FN3O3. The highest BCUT2D eigenvalue weighted by atomic mass is 19.1. The number of halogens is 1. The van der Waals surface area contributed by atoms with E-state index in [0.29, 0.717) is 16.9 Å². The molecule has 0 N–H and O–H groups in total. The SMILES string of the molecule is O=C(/C=C/c1ccccc1)OCC(=O)c1ccc(-n2nncc2-c2ccc(F)cc2)cc1. The molecule has 0 spiro atoms. The van der Waals surface area contributed by atoms with Gasteiger partial charge in [0.05, 0.1) is 17.6 Å². The molecule has 1 heterocycles. The molecule has 7 heteroatoms. The molecule has 0 aliphatic rings. The number of aromatic nitrogens is 3. The van der Waals surface area contributed by atoms with Gasteiger partial charge in [0.1, 0.15) is 5.82 Å². The van der Waals surface area contributed by atoms with Crippen LogP contribution in [0.5, 0.6) is 0 Å². The Balaban J connectivity index is 1.39. The number of esters is 1. The third-order valence-electron chi connectivity index (χ3n) is 4.68. The van der Waals surface area contributed by atoms with E-state index in [1.54, 1.807) is 53.4 Å². The highest BCUT2D eigenvalue weighted by molar-refractivity contribution is 5.99. The van der Waals surface area contributed by atoms with Crippen LogP contribution in [0.2, 0.25) is 0 Å². The minimum absolute atomic E-state index is 0.324. The number of benzene rings is 3. The quantitative estimate of drug-likeness (QED) is 0.246. The van der Waals surface area contributed by atoms with Crippen molar-refractivity contribution in [2.24, 2.45) is 0 Å². The number of ketones is 1. The maximum absolute atomic E-state index is 13.2. The molecule has 0 amide bonds. The minimum atomic E-state index is -0.592. The fraction of sp³-hybridized carbons (Fsp3) is 0.0400. The number of nitrogens with zero attached hydrogens (tertiary/aromatic N) is 3. The molecule has 1 aromatic heterocycles. The lowest BCUT2D eigenvalue weighted by atomic mass is 10.1. The maximum Gasteiger partial charge on any atom is 0.331 e. The Morgan fingerprint density at radius 3 is 2.38 bits per heavy atom. The van der Waals surface area contributed by atoms with Crippen molar-refractivity contribution in [2.75, 3.05) is 6.61 Å². The van der Waals surface area contributed by atoms with E-state index in [9.17, 15) is 14.0 Å². The Kier molecular flexibility index (Phi) is 6.27. The van der Waals surface area contributed by atoms with E-state index in [0.717, 1.165) is 11.1 Å². The second-order valence-corrected chi connectivity index (χ2v) is 6.86. The van der Waals surface area contributed by atoms with Crippen molar-refractivity contribution < 1.29 is 18.7 Å². The average Bonchev–Trinajstić information content (AvgIpc) is 3.32. The van der Waals surface area contributed by atoms with Gasteiger partial charge in [0.2, 0.25) is 0 Å². The predicted octanol–water partition coefficient (Wildman–Crippen LogP) is 4.51. The summed E-state index contributed by atoms with van der Waals surface area (Å²) < 4.78 is 19.8. The molecule has 158 valence electrons. The Labute approximate surface area is 183 Å². The molecule has 32 heavy (non-hydrogen) atoms. The Morgan fingerprint density at radius 1 is 0.938 bits per heavy atom. The fourth-order valence-corrected chi connectivity index (χ4v) is 3.03. The van der Waals surface area contributed by atoms with Gasteiger partial charge in [-0.25, -0.2) is 13.9 Å². The van der Waals surface area contributed by atoms with Gasteiger partial charge in [0, 0.05) is 17.2 Å². The van der Waals surface area contributed by atoms with Crippen LogP contribution < -0.4 is 0 Å². The van der Waals surface area contributed by atoms with E-state index in [2.05, 4.69) is 10.3 Å². The van der Waals surface area contributed by atoms with E-state index >= 15 is 0 Å². The molecule has 0 aliphatic heterocycles. The Bertz CT molecular complexity index is 1250. The molecule has 0 fully saturated rings.